The van der Waals surface area contributed by atoms with Crippen molar-refractivity contribution in [2.24, 2.45) is 0 Å². The molecule has 0 saturated heterocycles. The Morgan fingerprint density at radius 2 is 2.05 bits per heavy atom. The number of aliphatic hydroxyl groups is 1. The molecule has 3 rings (SSSR count). The fourth-order valence-electron chi connectivity index (χ4n) is 3.14. The van der Waals surface area contributed by atoms with E-state index in [4.69, 9.17) is 0 Å². The number of hydrogen-bond donors (Lipinski definition) is 1. The van der Waals surface area contributed by atoms with Crippen LogP contribution in [0.3, 0.4) is 0 Å². The molecule has 0 radical (unpaired) electrons. The molecule has 112 valence electrons. The minimum Gasteiger partial charge on any atom is -0.382 e. The van der Waals surface area contributed by atoms with Crippen LogP contribution in [0.1, 0.15) is 67.6 Å². The van der Waals surface area contributed by atoms with Crippen LogP contribution >= 0.6 is 0 Å². The van der Waals surface area contributed by atoms with Crippen molar-refractivity contribution in [2.45, 2.75) is 58.1 Å². The summed E-state index contributed by atoms with van der Waals surface area (Å²) in [5.74, 6) is 0.625. The van der Waals surface area contributed by atoms with E-state index in [1.807, 2.05) is 16.8 Å². The third-order valence-corrected chi connectivity index (χ3v) is 4.64. The summed E-state index contributed by atoms with van der Waals surface area (Å²) in [4.78, 5) is 0. The summed E-state index contributed by atoms with van der Waals surface area (Å²) < 4.78 is 1.93. The molecular formula is C18H24N2O. The lowest BCUT2D eigenvalue weighted by molar-refractivity contribution is 0.205. The molecule has 1 aromatic heterocycles. The van der Waals surface area contributed by atoms with Gasteiger partial charge in [0.15, 0.2) is 0 Å². The number of rotatable bonds is 5. The highest BCUT2D eigenvalue weighted by Gasteiger charge is 2.26. The molecule has 1 atom stereocenters. The van der Waals surface area contributed by atoms with Crippen LogP contribution in [-0.4, -0.2) is 14.9 Å². The summed E-state index contributed by atoms with van der Waals surface area (Å²) in [7, 11) is 0. The van der Waals surface area contributed by atoms with Crippen LogP contribution in [0.2, 0.25) is 0 Å². The van der Waals surface area contributed by atoms with Crippen LogP contribution in [0.25, 0.3) is 0 Å². The van der Waals surface area contributed by atoms with Gasteiger partial charge in [-0.05, 0) is 49.3 Å². The Hall–Kier alpha value is -1.61. The van der Waals surface area contributed by atoms with Gasteiger partial charge in [-0.2, -0.15) is 5.10 Å². The van der Waals surface area contributed by atoms with Crippen LogP contribution in [0.15, 0.2) is 30.3 Å². The molecule has 1 heterocycles. The molecule has 2 aromatic rings. The van der Waals surface area contributed by atoms with Gasteiger partial charge in [-0.1, -0.05) is 37.6 Å². The number of nitrogens with zero attached hydrogens (tertiary/aromatic N) is 2. The average Bonchev–Trinajstić information content (AvgIpc) is 2.89. The maximum absolute atomic E-state index is 10.9. The first-order valence-corrected chi connectivity index (χ1v) is 8.08. The molecule has 3 nitrogen and oxygen atoms in total. The SMILES string of the molecule is CCc1cc(C(O)c2ccccc2C2CCC2)n(CC)n1. The minimum atomic E-state index is -0.574. The molecule has 1 fully saturated rings. The van der Waals surface area contributed by atoms with Gasteiger partial charge in [0.05, 0.1) is 11.4 Å². The molecule has 3 heteroatoms. The molecule has 1 saturated carbocycles. The first kappa shape index (κ1) is 14.3. The maximum atomic E-state index is 10.9. The van der Waals surface area contributed by atoms with Gasteiger partial charge in [-0.25, -0.2) is 0 Å². The molecule has 1 N–H and O–H groups in total. The summed E-state index contributed by atoms with van der Waals surface area (Å²) in [6.07, 6.45) is 4.13. The van der Waals surface area contributed by atoms with Gasteiger partial charge in [0.25, 0.3) is 0 Å². The van der Waals surface area contributed by atoms with E-state index in [0.717, 1.165) is 29.9 Å². The third-order valence-electron chi connectivity index (χ3n) is 4.64. The van der Waals surface area contributed by atoms with Crippen LogP contribution in [0.4, 0.5) is 0 Å². The van der Waals surface area contributed by atoms with E-state index in [2.05, 4.69) is 37.1 Å². The van der Waals surface area contributed by atoms with Gasteiger partial charge in [0, 0.05) is 6.54 Å². The number of aliphatic hydroxyl groups excluding tert-OH is 1. The normalized spacial score (nSPS) is 16.7. The summed E-state index contributed by atoms with van der Waals surface area (Å²) in [6, 6.07) is 10.4. The van der Waals surface area contributed by atoms with Crippen molar-refractivity contribution in [3.63, 3.8) is 0 Å². The lowest BCUT2D eigenvalue weighted by Crippen LogP contribution is -2.15. The average molecular weight is 284 g/mol. The molecule has 21 heavy (non-hydrogen) atoms. The van der Waals surface area contributed by atoms with E-state index in [1.54, 1.807) is 0 Å². The molecule has 0 spiro atoms. The lowest BCUT2D eigenvalue weighted by atomic mass is 9.77. The molecule has 1 aliphatic rings. The minimum absolute atomic E-state index is 0.574. The van der Waals surface area contributed by atoms with E-state index < -0.39 is 6.10 Å². The molecule has 1 unspecified atom stereocenters. The van der Waals surface area contributed by atoms with Gasteiger partial charge in [0.2, 0.25) is 0 Å². The Balaban J connectivity index is 1.98. The smallest absolute Gasteiger partial charge is 0.121 e. The van der Waals surface area contributed by atoms with Crippen molar-refractivity contribution < 1.29 is 5.11 Å². The van der Waals surface area contributed by atoms with Gasteiger partial charge >= 0.3 is 0 Å². The quantitative estimate of drug-likeness (QED) is 0.906. The standard InChI is InChI=1S/C18H24N2O/c1-3-14-12-17(20(4-2)19-14)18(21)16-11-6-5-10-15(16)13-8-7-9-13/h5-6,10-13,18,21H,3-4,7-9H2,1-2H3. The second-order valence-corrected chi connectivity index (χ2v) is 5.89. The molecular weight excluding hydrogens is 260 g/mol. The summed E-state index contributed by atoms with van der Waals surface area (Å²) in [5, 5.41) is 15.5. The Bertz CT molecular complexity index is 613. The van der Waals surface area contributed by atoms with Crippen molar-refractivity contribution in [1.82, 2.24) is 9.78 Å². The predicted octanol–water partition coefficient (Wildman–Crippen LogP) is 3.81. The number of benzene rings is 1. The van der Waals surface area contributed by atoms with Gasteiger partial charge in [-0.3, -0.25) is 4.68 Å². The largest absolute Gasteiger partial charge is 0.382 e. The predicted molar refractivity (Wildman–Crippen MR) is 84.4 cm³/mol. The van der Waals surface area contributed by atoms with E-state index in [1.165, 1.54) is 24.8 Å². The van der Waals surface area contributed by atoms with E-state index >= 15 is 0 Å². The zero-order valence-electron chi connectivity index (χ0n) is 12.9. The molecule has 1 aliphatic carbocycles. The summed E-state index contributed by atoms with van der Waals surface area (Å²) in [5.41, 5.74) is 4.34. The maximum Gasteiger partial charge on any atom is 0.121 e. The van der Waals surface area contributed by atoms with Crippen molar-refractivity contribution >= 4 is 0 Å². The molecule has 0 bridgehead atoms. The Morgan fingerprint density at radius 1 is 1.29 bits per heavy atom. The first-order chi connectivity index (χ1) is 10.2. The van der Waals surface area contributed by atoms with Gasteiger partial charge in [0.1, 0.15) is 6.10 Å². The van der Waals surface area contributed by atoms with Gasteiger partial charge < -0.3 is 5.11 Å². The van der Waals surface area contributed by atoms with Crippen LogP contribution in [-0.2, 0) is 13.0 Å². The fraction of sp³-hybridized carbons (Fsp3) is 0.500. The first-order valence-electron chi connectivity index (χ1n) is 8.08. The molecule has 1 aromatic carbocycles. The highest BCUT2D eigenvalue weighted by atomic mass is 16.3. The van der Waals surface area contributed by atoms with Crippen molar-refractivity contribution in [3.05, 3.63) is 52.8 Å². The lowest BCUT2D eigenvalue weighted by Gasteiger charge is -2.29. The number of aromatic nitrogens is 2. The van der Waals surface area contributed by atoms with Crippen LogP contribution in [0, 0.1) is 0 Å². The summed E-state index contributed by atoms with van der Waals surface area (Å²) >= 11 is 0. The second-order valence-electron chi connectivity index (χ2n) is 5.89. The van der Waals surface area contributed by atoms with Crippen molar-refractivity contribution in [1.29, 1.82) is 0 Å². The number of hydrogen-bond acceptors (Lipinski definition) is 2. The van der Waals surface area contributed by atoms with Crippen molar-refractivity contribution in [2.75, 3.05) is 0 Å². The zero-order valence-corrected chi connectivity index (χ0v) is 12.9. The summed E-state index contributed by atoms with van der Waals surface area (Å²) in [6.45, 7) is 4.96. The van der Waals surface area contributed by atoms with Crippen molar-refractivity contribution in [3.8, 4) is 0 Å². The highest BCUT2D eigenvalue weighted by molar-refractivity contribution is 5.37. The molecule has 0 aliphatic heterocycles. The Morgan fingerprint density at radius 3 is 2.67 bits per heavy atom. The monoisotopic (exact) mass is 284 g/mol. The van der Waals surface area contributed by atoms with E-state index in [0.29, 0.717) is 5.92 Å². The fourth-order valence-corrected chi connectivity index (χ4v) is 3.14. The topological polar surface area (TPSA) is 38.0 Å². The Labute approximate surface area is 126 Å². The van der Waals surface area contributed by atoms with E-state index in [9.17, 15) is 5.11 Å². The Kier molecular flexibility index (Phi) is 4.11. The van der Waals surface area contributed by atoms with Gasteiger partial charge in [-0.15, -0.1) is 0 Å². The van der Waals surface area contributed by atoms with E-state index in [-0.39, 0.29) is 0 Å². The molecule has 0 amide bonds. The van der Waals surface area contributed by atoms with Crippen LogP contribution in [0.5, 0.6) is 0 Å². The zero-order chi connectivity index (χ0) is 14.8. The second kappa shape index (κ2) is 6.02. The van der Waals surface area contributed by atoms with Crippen LogP contribution < -0.4 is 0 Å². The highest BCUT2D eigenvalue weighted by Crippen LogP contribution is 2.40. The number of aryl methyl sites for hydroxylation is 2. The third kappa shape index (κ3) is 2.62.